The van der Waals surface area contributed by atoms with E-state index in [-0.39, 0.29) is 11.8 Å². The lowest BCUT2D eigenvalue weighted by molar-refractivity contribution is 0.474. The van der Waals surface area contributed by atoms with Crippen molar-refractivity contribution in [2.45, 2.75) is 12.5 Å². The van der Waals surface area contributed by atoms with Gasteiger partial charge in [0.25, 0.3) is 0 Å². The molecule has 2 heterocycles. The fraction of sp³-hybridized carbons (Fsp3) is 0.0909. The summed E-state index contributed by atoms with van der Waals surface area (Å²) >= 11 is 1.64. The maximum atomic E-state index is 10.3. The van der Waals surface area contributed by atoms with E-state index < -0.39 is 0 Å². The Morgan fingerprint density at radius 1 is 0.889 bits per heavy atom. The zero-order chi connectivity index (χ0) is 18.2. The third-order valence-electron chi connectivity index (χ3n) is 4.79. The van der Waals surface area contributed by atoms with Crippen LogP contribution in [0.3, 0.4) is 0 Å². The van der Waals surface area contributed by atoms with Gasteiger partial charge in [0.15, 0.2) is 0 Å². The van der Waals surface area contributed by atoms with Crippen molar-refractivity contribution in [2.75, 3.05) is 5.01 Å². The minimum Gasteiger partial charge on any atom is -0.507 e. The van der Waals surface area contributed by atoms with E-state index in [1.54, 1.807) is 17.4 Å². The number of anilines is 1. The molecule has 5 heteroatoms. The molecule has 1 unspecified atom stereocenters. The quantitative estimate of drug-likeness (QED) is 0.527. The van der Waals surface area contributed by atoms with Gasteiger partial charge < -0.3 is 5.11 Å². The number of benzene rings is 3. The van der Waals surface area contributed by atoms with Crippen LogP contribution < -0.4 is 5.01 Å². The first-order valence-corrected chi connectivity index (χ1v) is 9.67. The molecule has 4 nitrogen and oxygen atoms in total. The van der Waals surface area contributed by atoms with Crippen LogP contribution in [0.15, 0.2) is 84.0 Å². The smallest absolute Gasteiger partial charge is 0.207 e. The van der Waals surface area contributed by atoms with Gasteiger partial charge in [0.1, 0.15) is 5.75 Å². The summed E-state index contributed by atoms with van der Waals surface area (Å²) in [5, 5.41) is 18.0. The van der Waals surface area contributed by atoms with Gasteiger partial charge in [0.05, 0.1) is 22.0 Å². The van der Waals surface area contributed by atoms with Gasteiger partial charge in [-0.1, -0.05) is 65.9 Å². The fourth-order valence-electron chi connectivity index (χ4n) is 3.46. The molecule has 3 aromatic carbocycles. The first-order valence-electron chi connectivity index (χ1n) is 8.85. The Kier molecular flexibility index (Phi) is 3.87. The lowest BCUT2D eigenvalue weighted by atomic mass is 9.98. The number of nitrogens with zero attached hydrogens (tertiary/aromatic N) is 3. The third-order valence-corrected chi connectivity index (χ3v) is 5.81. The summed E-state index contributed by atoms with van der Waals surface area (Å²) in [7, 11) is 0. The van der Waals surface area contributed by atoms with Gasteiger partial charge in [-0.25, -0.2) is 9.99 Å². The van der Waals surface area contributed by atoms with Crippen molar-refractivity contribution in [3.63, 3.8) is 0 Å². The normalized spacial score (nSPS) is 16.7. The highest BCUT2D eigenvalue weighted by Crippen LogP contribution is 2.40. The number of phenolic OH excluding ortho intramolecular Hbond substituents is 1. The summed E-state index contributed by atoms with van der Waals surface area (Å²) in [4.78, 5) is 4.80. The molecule has 0 saturated carbocycles. The van der Waals surface area contributed by atoms with Crippen LogP contribution in [0.25, 0.3) is 10.2 Å². The summed E-state index contributed by atoms with van der Waals surface area (Å²) in [6.45, 7) is 0. The number of aromatic nitrogens is 1. The number of hydrogen-bond acceptors (Lipinski definition) is 5. The molecule has 132 valence electrons. The Morgan fingerprint density at radius 3 is 2.44 bits per heavy atom. The molecular formula is C22H17N3OS. The maximum absolute atomic E-state index is 10.3. The van der Waals surface area contributed by atoms with Crippen LogP contribution in [0.5, 0.6) is 5.75 Å². The second-order valence-corrected chi connectivity index (χ2v) is 7.51. The van der Waals surface area contributed by atoms with Crippen LogP contribution in [0, 0.1) is 0 Å². The van der Waals surface area contributed by atoms with Crippen molar-refractivity contribution >= 4 is 32.4 Å². The van der Waals surface area contributed by atoms with E-state index in [2.05, 4.69) is 18.2 Å². The Hall–Kier alpha value is -3.18. The van der Waals surface area contributed by atoms with Crippen LogP contribution in [0.1, 0.15) is 23.6 Å². The molecule has 1 N–H and O–H groups in total. The largest absolute Gasteiger partial charge is 0.507 e. The van der Waals surface area contributed by atoms with Crippen molar-refractivity contribution in [1.29, 1.82) is 0 Å². The number of rotatable bonds is 3. The van der Waals surface area contributed by atoms with Gasteiger partial charge in [-0.05, 0) is 29.8 Å². The first kappa shape index (κ1) is 16.0. The number of phenols is 1. The lowest BCUT2D eigenvalue weighted by Gasteiger charge is -2.21. The molecule has 0 radical (unpaired) electrons. The first-order chi connectivity index (χ1) is 13.3. The van der Waals surface area contributed by atoms with E-state index in [1.807, 2.05) is 59.6 Å². The van der Waals surface area contributed by atoms with Crippen LogP contribution in [-0.4, -0.2) is 15.8 Å². The number of hydrogen-bond donors (Lipinski definition) is 1. The van der Waals surface area contributed by atoms with E-state index in [9.17, 15) is 5.11 Å². The number of thiazole rings is 1. The molecule has 4 aromatic rings. The number of fused-ring (bicyclic) bond motifs is 1. The molecule has 0 saturated heterocycles. The van der Waals surface area contributed by atoms with Gasteiger partial charge >= 0.3 is 0 Å². The van der Waals surface area contributed by atoms with Crippen LogP contribution in [0.2, 0.25) is 0 Å². The highest BCUT2D eigenvalue weighted by Gasteiger charge is 2.32. The van der Waals surface area contributed by atoms with Gasteiger partial charge in [-0.15, -0.1) is 0 Å². The Bertz CT molecular complexity index is 1100. The highest BCUT2D eigenvalue weighted by molar-refractivity contribution is 7.22. The molecule has 1 atom stereocenters. The summed E-state index contributed by atoms with van der Waals surface area (Å²) in [6.07, 6.45) is 0.720. The van der Waals surface area contributed by atoms with Crippen LogP contribution >= 0.6 is 11.3 Å². The van der Waals surface area contributed by atoms with Crippen molar-refractivity contribution < 1.29 is 5.11 Å². The zero-order valence-corrected chi connectivity index (χ0v) is 15.3. The summed E-state index contributed by atoms with van der Waals surface area (Å²) in [6, 6.07) is 25.9. The minimum atomic E-state index is 0.0568. The fourth-order valence-corrected chi connectivity index (χ4v) is 4.43. The second kappa shape index (κ2) is 6.52. The second-order valence-electron chi connectivity index (χ2n) is 6.50. The molecule has 27 heavy (non-hydrogen) atoms. The summed E-state index contributed by atoms with van der Waals surface area (Å²) in [5.41, 5.74) is 3.82. The van der Waals surface area contributed by atoms with Gasteiger partial charge in [-0.2, -0.15) is 5.10 Å². The Labute approximate surface area is 161 Å². The third kappa shape index (κ3) is 2.86. The van der Waals surface area contributed by atoms with Crippen molar-refractivity contribution in [3.8, 4) is 5.75 Å². The topological polar surface area (TPSA) is 48.7 Å². The SMILES string of the molecule is Oc1ccccc1C1=NN(c2nc3ccccc3s2)C(c2ccccc2)C1. The predicted molar refractivity (Wildman–Crippen MR) is 111 cm³/mol. The molecule has 0 aliphatic carbocycles. The van der Waals surface area contributed by atoms with Crippen LogP contribution in [-0.2, 0) is 0 Å². The van der Waals surface area contributed by atoms with E-state index in [0.29, 0.717) is 0 Å². The van der Waals surface area contributed by atoms with Gasteiger partial charge in [0.2, 0.25) is 5.13 Å². The summed E-state index contributed by atoms with van der Waals surface area (Å²) < 4.78 is 1.14. The lowest BCUT2D eigenvalue weighted by Crippen LogP contribution is -2.18. The highest BCUT2D eigenvalue weighted by atomic mass is 32.1. The van der Waals surface area contributed by atoms with Crippen molar-refractivity contribution in [3.05, 3.63) is 90.0 Å². The average molecular weight is 371 g/mol. The van der Waals surface area contributed by atoms with Crippen molar-refractivity contribution in [2.24, 2.45) is 5.10 Å². The molecule has 0 fully saturated rings. The molecule has 1 aliphatic heterocycles. The maximum Gasteiger partial charge on any atom is 0.207 e. The molecule has 0 bridgehead atoms. The number of aromatic hydroxyl groups is 1. The minimum absolute atomic E-state index is 0.0568. The van der Waals surface area contributed by atoms with Gasteiger partial charge in [-0.3, -0.25) is 0 Å². The number of hydrazone groups is 1. The van der Waals surface area contributed by atoms with E-state index in [0.717, 1.165) is 33.0 Å². The Balaban J connectivity index is 1.62. The standard InChI is InChI=1S/C22H17N3OS/c26-20-12-6-4-10-16(20)18-14-19(15-8-2-1-3-9-15)25(24-18)22-23-17-11-5-7-13-21(17)27-22/h1-13,19,26H,14H2. The monoisotopic (exact) mass is 371 g/mol. The molecule has 0 spiro atoms. The molecule has 5 rings (SSSR count). The Morgan fingerprint density at radius 2 is 1.63 bits per heavy atom. The van der Waals surface area contributed by atoms with E-state index in [1.165, 1.54) is 5.56 Å². The number of para-hydroxylation sites is 2. The molecule has 0 amide bonds. The van der Waals surface area contributed by atoms with Crippen LogP contribution in [0.4, 0.5) is 5.13 Å². The predicted octanol–water partition coefficient (Wildman–Crippen LogP) is 5.36. The van der Waals surface area contributed by atoms with E-state index in [4.69, 9.17) is 10.1 Å². The molecular weight excluding hydrogens is 354 g/mol. The molecule has 1 aliphatic rings. The molecule has 1 aromatic heterocycles. The van der Waals surface area contributed by atoms with E-state index >= 15 is 0 Å². The van der Waals surface area contributed by atoms with Gasteiger partial charge in [0, 0.05) is 12.0 Å². The summed E-state index contributed by atoms with van der Waals surface area (Å²) in [5.74, 6) is 0.259. The zero-order valence-electron chi connectivity index (χ0n) is 14.5. The van der Waals surface area contributed by atoms with Crippen molar-refractivity contribution in [1.82, 2.24) is 4.98 Å². The average Bonchev–Trinajstić information content (AvgIpc) is 3.33.